The lowest BCUT2D eigenvalue weighted by Gasteiger charge is -2.21. The molecule has 1 fully saturated rings. The number of carbonyl (C=O) groups excluding carboxylic acids is 2. The molecule has 0 aliphatic carbocycles. The predicted octanol–water partition coefficient (Wildman–Crippen LogP) is 1.96. The van der Waals surface area contributed by atoms with E-state index in [9.17, 15) is 9.59 Å². The molecule has 25 heavy (non-hydrogen) atoms. The quantitative estimate of drug-likeness (QED) is 0.558. The highest BCUT2D eigenvalue weighted by Crippen LogP contribution is 2.15. The van der Waals surface area contributed by atoms with Gasteiger partial charge >= 0.3 is 5.97 Å². The summed E-state index contributed by atoms with van der Waals surface area (Å²) in [5.74, 6) is 0.513. The van der Waals surface area contributed by atoms with E-state index in [1.54, 1.807) is 37.3 Å². The molecule has 6 heteroatoms. The SMILES string of the molecule is C=CCOc1ccc(C(=O)N2CCCN(CC(=O)OCC)CC2)cc1. The third-order valence-corrected chi connectivity index (χ3v) is 4.00. The van der Waals surface area contributed by atoms with Crippen LogP contribution in [0.5, 0.6) is 5.75 Å². The fourth-order valence-electron chi connectivity index (χ4n) is 2.75. The molecule has 0 bridgehead atoms. The average Bonchev–Trinajstić information content (AvgIpc) is 2.85. The fourth-order valence-corrected chi connectivity index (χ4v) is 2.75. The van der Waals surface area contributed by atoms with Crippen molar-refractivity contribution in [3.8, 4) is 5.75 Å². The molecule has 1 aromatic carbocycles. The Morgan fingerprint density at radius 2 is 1.92 bits per heavy atom. The first-order chi connectivity index (χ1) is 12.1. The Morgan fingerprint density at radius 1 is 1.16 bits per heavy atom. The third-order valence-electron chi connectivity index (χ3n) is 4.00. The number of amides is 1. The molecular weight excluding hydrogens is 320 g/mol. The summed E-state index contributed by atoms with van der Waals surface area (Å²) in [4.78, 5) is 28.2. The molecule has 0 spiro atoms. The Balaban J connectivity index is 1.89. The number of carbonyl (C=O) groups is 2. The predicted molar refractivity (Wildman–Crippen MR) is 95.7 cm³/mol. The summed E-state index contributed by atoms with van der Waals surface area (Å²) in [5, 5.41) is 0. The number of esters is 1. The Labute approximate surface area is 149 Å². The van der Waals surface area contributed by atoms with Gasteiger partial charge in [0.2, 0.25) is 0 Å². The van der Waals surface area contributed by atoms with E-state index in [0.717, 1.165) is 13.0 Å². The van der Waals surface area contributed by atoms with E-state index in [-0.39, 0.29) is 18.4 Å². The van der Waals surface area contributed by atoms with Crippen LogP contribution in [0, 0.1) is 0 Å². The minimum Gasteiger partial charge on any atom is -0.490 e. The van der Waals surface area contributed by atoms with Crippen LogP contribution in [0.2, 0.25) is 0 Å². The summed E-state index contributed by atoms with van der Waals surface area (Å²) in [7, 11) is 0. The largest absolute Gasteiger partial charge is 0.490 e. The zero-order valence-electron chi connectivity index (χ0n) is 14.8. The summed E-state index contributed by atoms with van der Waals surface area (Å²) < 4.78 is 10.4. The first-order valence-electron chi connectivity index (χ1n) is 8.65. The Kier molecular flexibility index (Phi) is 7.47. The van der Waals surface area contributed by atoms with Gasteiger partial charge in [-0.1, -0.05) is 12.7 Å². The molecule has 2 rings (SSSR count). The van der Waals surface area contributed by atoms with Gasteiger partial charge in [-0.2, -0.15) is 0 Å². The number of ether oxygens (including phenoxy) is 2. The van der Waals surface area contributed by atoms with Gasteiger partial charge in [0.05, 0.1) is 13.2 Å². The van der Waals surface area contributed by atoms with Gasteiger partial charge in [0.15, 0.2) is 0 Å². The van der Waals surface area contributed by atoms with Gasteiger partial charge < -0.3 is 14.4 Å². The van der Waals surface area contributed by atoms with Crippen molar-refractivity contribution in [1.82, 2.24) is 9.80 Å². The molecule has 0 unspecified atom stereocenters. The molecule has 0 atom stereocenters. The van der Waals surface area contributed by atoms with Crippen LogP contribution in [0.1, 0.15) is 23.7 Å². The number of benzene rings is 1. The van der Waals surface area contributed by atoms with E-state index in [2.05, 4.69) is 6.58 Å². The van der Waals surface area contributed by atoms with E-state index < -0.39 is 0 Å². The second kappa shape index (κ2) is 9.84. The van der Waals surface area contributed by atoms with E-state index in [0.29, 0.717) is 44.2 Å². The maximum Gasteiger partial charge on any atom is 0.320 e. The van der Waals surface area contributed by atoms with Crippen LogP contribution in [0.15, 0.2) is 36.9 Å². The van der Waals surface area contributed by atoms with Crippen LogP contribution in [-0.4, -0.2) is 67.6 Å². The van der Waals surface area contributed by atoms with E-state index >= 15 is 0 Å². The van der Waals surface area contributed by atoms with Crippen molar-refractivity contribution in [1.29, 1.82) is 0 Å². The normalized spacial score (nSPS) is 15.3. The van der Waals surface area contributed by atoms with Gasteiger partial charge in [0.25, 0.3) is 5.91 Å². The molecule has 136 valence electrons. The topological polar surface area (TPSA) is 59.1 Å². The third kappa shape index (κ3) is 5.90. The van der Waals surface area contributed by atoms with Crippen molar-refractivity contribution in [2.45, 2.75) is 13.3 Å². The number of nitrogens with zero attached hydrogens (tertiary/aromatic N) is 2. The molecule has 0 N–H and O–H groups in total. The molecule has 1 aliphatic rings. The van der Waals surface area contributed by atoms with Crippen LogP contribution in [0.4, 0.5) is 0 Å². The first-order valence-corrected chi connectivity index (χ1v) is 8.65. The minimum absolute atomic E-state index is 0.00764. The van der Waals surface area contributed by atoms with Crippen molar-refractivity contribution < 1.29 is 19.1 Å². The Morgan fingerprint density at radius 3 is 2.60 bits per heavy atom. The van der Waals surface area contributed by atoms with Crippen molar-refractivity contribution in [3.63, 3.8) is 0 Å². The molecule has 1 aromatic rings. The summed E-state index contributed by atoms with van der Waals surface area (Å²) in [6.07, 6.45) is 2.52. The van der Waals surface area contributed by atoms with E-state index in [4.69, 9.17) is 9.47 Å². The lowest BCUT2D eigenvalue weighted by atomic mass is 10.2. The molecular formula is C19H26N2O4. The summed E-state index contributed by atoms with van der Waals surface area (Å²) in [6.45, 7) is 9.27. The maximum absolute atomic E-state index is 12.7. The molecule has 1 aliphatic heterocycles. The van der Waals surface area contributed by atoms with Gasteiger partial charge in [0, 0.05) is 31.7 Å². The van der Waals surface area contributed by atoms with Gasteiger partial charge in [-0.3, -0.25) is 14.5 Å². The van der Waals surface area contributed by atoms with Gasteiger partial charge in [-0.05, 0) is 37.6 Å². The fraction of sp³-hybridized carbons (Fsp3) is 0.474. The smallest absolute Gasteiger partial charge is 0.320 e. The zero-order valence-corrected chi connectivity index (χ0v) is 14.8. The molecule has 1 heterocycles. The summed E-state index contributed by atoms with van der Waals surface area (Å²) in [6, 6.07) is 7.15. The number of hydrogen-bond donors (Lipinski definition) is 0. The van der Waals surface area contributed by atoms with Crippen molar-refractivity contribution in [2.24, 2.45) is 0 Å². The lowest BCUT2D eigenvalue weighted by molar-refractivity contribution is -0.144. The first kappa shape index (κ1) is 19.0. The van der Waals surface area contributed by atoms with Crippen LogP contribution >= 0.6 is 0 Å². The standard InChI is InChI=1S/C19H26N2O4/c1-3-14-25-17-8-6-16(7-9-17)19(23)21-11-5-10-20(12-13-21)15-18(22)24-4-2/h3,6-9H,1,4-5,10-15H2,2H3. The summed E-state index contributed by atoms with van der Waals surface area (Å²) in [5.41, 5.74) is 0.643. The van der Waals surface area contributed by atoms with Crippen LogP contribution in [-0.2, 0) is 9.53 Å². The minimum atomic E-state index is -0.211. The molecule has 1 amide bonds. The van der Waals surface area contributed by atoms with Crippen LogP contribution < -0.4 is 4.74 Å². The number of hydrogen-bond acceptors (Lipinski definition) is 5. The van der Waals surface area contributed by atoms with Crippen LogP contribution in [0.25, 0.3) is 0 Å². The highest BCUT2D eigenvalue weighted by Gasteiger charge is 2.21. The molecule has 1 saturated heterocycles. The molecule has 0 radical (unpaired) electrons. The monoisotopic (exact) mass is 346 g/mol. The Hall–Kier alpha value is -2.34. The summed E-state index contributed by atoms with van der Waals surface area (Å²) >= 11 is 0. The van der Waals surface area contributed by atoms with Gasteiger partial charge in [0.1, 0.15) is 12.4 Å². The second-order valence-corrected chi connectivity index (χ2v) is 5.85. The maximum atomic E-state index is 12.7. The molecule has 0 aromatic heterocycles. The van der Waals surface area contributed by atoms with E-state index in [1.165, 1.54) is 0 Å². The van der Waals surface area contributed by atoms with Crippen molar-refractivity contribution in [2.75, 3.05) is 45.9 Å². The zero-order chi connectivity index (χ0) is 18.1. The van der Waals surface area contributed by atoms with Crippen LogP contribution in [0.3, 0.4) is 0 Å². The number of rotatable bonds is 7. The second-order valence-electron chi connectivity index (χ2n) is 5.85. The average molecular weight is 346 g/mol. The molecule has 0 saturated carbocycles. The van der Waals surface area contributed by atoms with Crippen molar-refractivity contribution >= 4 is 11.9 Å². The Bertz CT molecular complexity index is 586. The highest BCUT2D eigenvalue weighted by molar-refractivity contribution is 5.94. The highest BCUT2D eigenvalue weighted by atomic mass is 16.5. The van der Waals surface area contributed by atoms with Gasteiger partial charge in [-0.25, -0.2) is 0 Å². The van der Waals surface area contributed by atoms with Gasteiger partial charge in [-0.15, -0.1) is 0 Å². The lowest BCUT2D eigenvalue weighted by Crippen LogP contribution is -2.37. The molecule has 6 nitrogen and oxygen atoms in total. The van der Waals surface area contributed by atoms with Crippen molar-refractivity contribution in [3.05, 3.63) is 42.5 Å². The van der Waals surface area contributed by atoms with E-state index in [1.807, 2.05) is 9.80 Å².